The van der Waals surface area contributed by atoms with Gasteiger partial charge in [-0.25, -0.2) is 0 Å². The Hall–Kier alpha value is -2.92. The highest BCUT2D eigenvalue weighted by Gasteiger charge is 2.35. The summed E-state index contributed by atoms with van der Waals surface area (Å²) in [6, 6.07) is 9.78. The molecule has 0 bridgehead atoms. The van der Waals surface area contributed by atoms with E-state index in [4.69, 9.17) is 11.6 Å². The Labute approximate surface area is 169 Å². The SMILES string of the molecule is C/C=C\C(=C/C)CN1C(=O)c2ccc(Cl)cc2NC(=O)C1Cc1ccccn1. The maximum absolute atomic E-state index is 13.4. The molecule has 1 unspecified atom stereocenters. The smallest absolute Gasteiger partial charge is 0.256 e. The number of anilines is 1. The molecule has 0 aliphatic carbocycles. The van der Waals surface area contributed by atoms with E-state index in [9.17, 15) is 9.59 Å². The lowest BCUT2D eigenvalue weighted by molar-refractivity contribution is -0.120. The molecule has 1 atom stereocenters. The molecule has 2 heterocycles. The van der Waals surface area contributed by atoms with Crippen LogP contribution in [-0.4, -0.2) is 34.3 Å². The molecule has 5 nitrogen and oxygen atoms in total. The van der Waals surface area contributed by atoms with Crippen LogP contribution in [0.25, 0.3) is 0 Å². The molecule has 1 N–H and O–H groups in total. The van der Waals surface area contributed by atoms with Gasteiger partial charge in [0.05, 0.1) is 11.3 Å². The van der Waals surface area contributed by atoms with Gasteiger partial charge in [0.2, 0.25) is 5.91 Å². The van der Waals surface area contributed by atoms with Gasteiger partial charge in [-0.1, -0.05) is 35.9 Å². The second kappa shape index (κ2) is 8.85. The van der Waals surface area contributed by atoms with Crippen LogP contribution in [0.1, 0.15) is 29.9 Å². The van der Waals surface area contributed by atoms with E-state index in [2.05, 4.69) is 10.3 Å². The first-order valence-corrected chi connectivity index (χ1v) is 9.50. The first-order valence-electron chi connectivity index (χ1n) is 9.12. The van der Waals surface area contributed by atoms with Gasteiger partial charge < -0.3 is 10.2 Å². The molecule has 0 fully saturated rings. The number of aromatic nitrogens is 1. The number of pyridine rings is 1. The topological polar surface area (TPSA) is 62.3 Å². The van der Waals surface area contributed by atoms with Gasteiger partial charge in [-0.2, -0.15) is 0 Å². The van der Waals surface area contributed by atoms with Crippen LogP contribution in [-0.2, 0) is 11.2 Å². The lowest BCUT2D eigenvalue weighted by Gasteiger charge is -2.29. The number of amides is 2. The minimum atomic E-state index is -0.686. The molecular weight excluding hydrogens is 374 g/mol. The van der Waals surface area contributed by atoms with E-state index in [1.165, 1.54) is 0 Å². The fraction of sp³-hybridized carbons (Fsp3) is 0.227. The molecule has 2 amide bonds. The first-order chi connectivity index (χ1) is 13.5. The number of hydrogen-bond donors (Lipinski definition) is 1. The highest BCUT2D eigenvalue weighted by atomic mass is 35.5. The molecule has 0 saturated heterocycles. The first kappa shape index (κ1) is 19.8. The van der Waals surface area contributed by atoms with Crippen LogP contribution < -0.4 is 5.32 Å². The Morgan fingerprint density at radius 3 is 2.75 bits per heavy atom. The highest BCUT2D eigenvalue weighted by molar-refractivity contribution is 6.31. The molecule has 1 aliphatic heterocycles. The average molecular weight is 396 g/mol. The Kier molecular flexibility index (Phi) is 6.26. The minimum absolute atomic E-state index is 0.213. The summed E-state index contributed by atoms with van der Waals surface area (Å²) < 4.78 is 0. The van der Waals surface area contributed by atoms with Crippen molar-refractivity contribution in [3.63, 3.8) is 0 Å². The standard InChI is InChI=1S/C22H22ClN3O2/c1-3-7-15(4-2)14-26-20(13-17-8-5-6-11-24-17)21(27)25-19-12-16(23)9-10-18(19)22(26)28/h3-12,20H,13-14H2,1-2H3,(H,25,27)/b7-3-,15-4+. The van der Waals surface area contributed by atoms with Gasteiger partial charge in [0.1, 0.15) is 6.04 Å². The number of rotatable bonds is 5. The van der Waals surface area contributed by atoms with E-state index < -0.39 is 6.04 Å². The molecule has 0 radical (unpaired) electrons. The largest absolute Gasteiger partial charge is 0.323 e. The van der Waals surface area contributed by atoms with E-state index >= 15 is 0 Å². The van der Waals surface area contributed by atoms with Crippen molar-refractivity contribution in [1.29, 1.82) is 0 Å². The number of hydrogen-bond acceptors (Lipinski definition) is 3. The molecule has 1 aromatic carbocycles. The van der Waals surface area contributed by atoms with E-state index in [-0.39, 0.29) is 11.8 Å². The third-order valence-electron chi connectivity index (χ3n) is 4.64. The van der Waals surface area contributed by atoms with Crippen LogP contribution in [0, 0.1) is 0 Å². The van der Waals surface area contributed by atoms with Crippen LogP contribution in [0.2, 0.25) is 5.02 Å². The molecule has 1 aliphatic rings. The van der Waals surface area contributed by atoms with Crippen molar-refractivity contribution in [2.24, 2.45) is 0 Å². The number of fused-ring (bicyclic) bond motifs is 1. The summed E-state index contributed by atoms with van der Waals surface area (Å²) in [6.07, 6.45) is 7.81. The maximum atomic E-state index is 13.4. The van der Waals surface area contributed by atoms with Gasteiger partial charge in [-0.15, -0.1) is 0 Å². The number of carbonyl (C=O) groups is 2. The summed E-state index contributed by atoms with van der Waals surface area (Å²) in [6.45, 7) is 4.16. The fourth-order valence-electron chi connectivity index (χ4n) is 3.21. The van der Waals surface area contributed by atoms with Crippen LogP contribution in [0.4, 0.5) is 5.69 Å². The minimum Gasteiger partial charge on any atom is -0.323 e. The number of allylic oxidation sites excluding steroid dienone is 2. The Bertz CT molecular complexity index is 938. The molecule has 28 heavy (non-hydrogen) atoms. The second-order valence-electron chi connectivity index (χ2n) is 6.52. The number of nitrogens with zero attached hydrogens (tertiary/aromatic N) is 2. The van der Waals surface area contributed by atoms with Crippen molar-refractivity contribution >= 4 is 29.1 Å². The lowest BCUT2D eigenvalue weighted by Crippen LogP contribution is -2.47. The van der Waals surface area contributed by atoms with Gasteiger partial charge in [-0.05, 0) is 49.8 Å². The normalized spacial score (nSPS) is 17.5. The molecule has 0 spiro atoms. The van der Waals surface area contributed by atoms with Crippen molar-refractivity contribution in [2.75, 3.05) is 11.9 Å². The monoisotopic (exact) mass is 395 g/mol. The molecule has 1 aromatic heterocycles. The average Bonchev–Trinajstić information content (AvgIpc) is 2.78. The van der Waals surface area contributed by atoms with Crippen molar-refractivity contribution in [3.05, 3.63) is 82.7 Å². The van der Waals surface area contributed by atoms with Crippen LogP contribution in [0.5, 0.6) is 0 Å². The predicted octanol–water partition coefficient (Wildman–Crippen LogP) is 4.26. The van der Waals surface area contributed by atoms with Crippen LogP contribution in [0.15, 0.2) is 66.4 Å². The van der Waals surface area contributed by atoms with Crippen molar-refractivity contribution in [3.8, 4) is 0 Å². The summed E-state index contributed by atoms with van der Waals surface area (Å²) in [7, 11) is 0. The zero-order chi connectivity index (χ0) is 20.1. The molecule has 3 rings (SSSR count). The van der Waals surface area contributed by atoms with Gasteiger partial charge in [0.15, 0.2) is 0 Å². The van der Waals surface area contributed by atoms with Crippen LogP contribution in [0.3, 0.4) is 0 Å². The molecule has 0 saturated carbocycles. The van der Waals surface area contributed by atoms with Crippen molar-refractivity contribution in [2.45, 2.75) is 26.3 Å². The van der Waals surface area contributed by atoms with Gasteiger partial charge in [0, 0.05) is 29.9 Å². The van der Waals surface area contributed by atoms with E-state index in [1.54, 1.807) is 29.3 Å². The number of carbonyl (C=O) groups excluding carboxylic acids is 2. The fourth-order valence-corrected chi connectivity index (χ4v) is 3.39. The van der Waals surface area contributed by atoms with E-state index in [1.807, 2.05) is 50.3 Å². The van der Waals surface area contributed by atoms with Crippen molar-refractivity contribution < 1.29 is 9.59 Å². The molecule has 6 heteroatoms. The second-order valence-corrected chi connectivity index (χ2v) is 6.95. The molecular formula is C22H22ClN3O2. The van der Waals surface area contributed by atoms with E-state index in [0.717, 1.165) is 11.3 Å². The number of nitrogens with one attached hydrogen (secondary N) is 1. The zero-order valence-corrected chi connectivity index (χ0v) is 16.6. The summed E-state index contributed by atoms with van der Waals surface area (Å²) >= 11 is 6.07. The Morgan fingerprint density at radius 1 is 1.25 bits per heavy atom. The third-order valence-corrected chi connectivity index (χ3v) is 4.88. The zero-order valence-electron chi connectivity index (χ0n) is 15.9. The van der Waals surface area contributed by atoms with Gasteiger partial charge in [-0.3, -0.25) is 14.6 Å². The van der Waals surface area contributed by atoms with Gasteiger partial charge >= 0.3 is 0 Å². The molecule has 2 aromatic rings. The number of benzene rings is 1. The quantitative estimate of drug-likeness (QED) is 0.769. The highest BCUT2D eigenvalue weighted by Crippen LogP contribution is 2.28. The predicted molar refractivity (Wildman–Crippen MR) is 111 cm³/mol. The summed E-state index contributed by atoms with van der Waals surface area (Å²) in [5.74, 6) is -0.467. The van der Waals surface area contributed by atoms with E-state index in [0.29, 0.717) is 29.2 Å². The maximum Gasteiger partial charge on any atom is 0.256 e. The summed E-state index contributed by atoms with van der Waals surface area (Å²) in [5, 5.41) is 3.33. The number of halogens is 1. The lowest BCUT2D eigenvalue weighted by atomic mass is 10.1. The Morgan fingerprint density at radius 2 is 2.07 bits per heavy atom. The molecule has 144 valence electrons. The summed E-state index contributed by atoms with van der Waals surface area (Å²) in [4.78, 5) is 32.4. The Balaban J connectivity index is 2.04. The van der Waals surface area contributed by atoms with Crippen LogP contribution >= 0.6 is 11.6 Å². The van der Waals surface area contributed by atoms with Gasteiger partial charge in [0.25, 0.3) is 5.91 Å². The summed E-state index contributed by atoms with van der Waals surface area (Å²) in [5.41, 5.74) is 2.56. The van der Waals surface area contributed by atoms with Crippen molar-refractivity contribution in [1.82, 2.24) is 9.88 Å². The third kappa shape index (κ3) is 4.31.